The highest BCUT2D eigenvalue weighted by Gasteiger charge is 2.12. The molecule has 3 heteroatoms. The van der Waals surface area contributed by atoms with Crippen LogP contribution in [-0.4, -0.2) is 37.0 Å². The molecule has 0 atom stereocenters. The van der Waals surface area contributed by atoms with Gasteiger partial charge in [0.15, 0.2) is 0 Å². The molecule has 0 spiro atoms. The first-order valence-corrected chi connectivity index (χ1v) is 3.39. The molecule has 0 aromatic carbocycles. The Morgan fingerprint density at radius 1 is 1.50 bits per heavy atom. The molecule has 1 rings (SSSR count). The van der Waals surface area contributed by atoms with Gasteiger partial charge in [-0.05, 0) is 6.08 Å². The molecule has 1 radical (unpaired) electrons. The summed E-state index contributed by atoms with van der Waals surface area (Å²) in [6, 6.07) is 0. The van der Waals surface area contributed by atoms with Crippen molar-refractivity contribution in [2.24, 2.45) is 0 Å². The van der Waals surface area contributed by atoms with Gasteiger partial charge in [-0.15, -0.1) is 0 Å². The Hall–Kier alpha value is -0.830. The summed E-state index contributed by atoms with van der Waals surface area (Å²) in [7, 11) is 0. The van der Waals surface area contributed by atoms with Gasteiger partial charge in [-0.25, -0.2) is 5.32 Å². The highest BCUT2D eigenvalue weighted by Crippen LogP contribution is 1.93. The van der Waals surface area contributed by atoms with Crippen LogP contribution >= 0.6 is 0 Å². The molecule has 10 heavy (non-hydrogen) atoms. The van der Waals surface area contributed by atoms with E-state index in [1.54, 1.807) is 4.90 Å². The van der Waals surface area contributed by atoms with Crippen molar-refractivity contribution >= 4 is 5.91 Å². The number of carbonyl (C=O) groups excluding carboxylic acids is 1. The number of carbonyl (C=O) groups is 1. The Balaban J connectivity index is 2.38. The number of hydrogen-bond donors (Lipinski definition) is 0. The maximum Gasteiger partial charge on any atom is 0.246 e. The van der Waals surface area contributed by atoms with Gasteiger partial charge in [0.05, 0.1) is 0 Å². The van der Waals surface area contributed by atoms with Gasteiger partial charge >= 0.3 is 0 Å². The summed E-state index contributed by atoms with van der Waals surface area (Å²) in [5.41, 5.74) is 0. The number of piperazine rings is 1. The molecule has 1 aliphatic heterocycles. The SMILES string of the molecule is C=CC(=O)N1CC[N]CC1. The zero-order valence-corrected chi connectivity index (χ0v) is 5.92. The molecule has 1 fully saturated rings. The van der Waals surface area contributed by atoms with Crippen LogP contribution in [0.15, 0.2) is 12.7 Å². The smallest absolute Gasteiger partial charge is 0.246 e. The van der Waals surface area contributed by atoms with E-state index >= 15 is 0 Å². The van der Waals surface area contributed by atoms with Gasteiger partial charge in [-0.2, -0.15) is 0 Å². The van der Waals surface area contributed by atoms with Gasteiger partial charge < -0.3 is 4.90 Å². The first-order chi connectivity index (χ1) is 4.84. The normalized spacial score (nSPS) is 18.6. The van der Waals surface area contributed by atoms with Crippen molar-refractivity contribution in [3.63, 3.8) is 0 Å². The molecule has 1 aliphatic rings. The molecule has 0 aromatic heterocycles. The topological polar surface area (TPSA) is 34.4 Å². The van der Waals surface area contributed by atoms with Crippen molar-refractivity contribution in [3.05, 3.63) is 12.7 Å². The van der Waals surface area contributed by atoms with Crippen molar-refractivity contribution in [1.29, 1.82) is 0 Å². The zero-order valence-electron chi connectivity index (χ0n) is 5.92. The summed E-state index contributed by atoms with van der Waals surface area (Å²) >= 11 is 0. The fourth-order valence-electron chi connectivity index (χ4n) is 0.956. The maximum absolute atomic E-state index is 10.9. The quantitative estimate of drug-likeness (QED) is 0.456. The van der Waals surface area contributed by atoms with Crippen LogP contribution in [0, 0.1) is 0 Å². The summed E-state index contributed by atoms with van der Waals surface area (Å²) in [5, 5.41) is 4.12. The number of hydrogen-bond acceptors (Lipinski definition) is 1. The van der Waals surface area contributed by atoms with Crippen LogP contribution < -0.4 is 5.32 Å². The number of amides is 1. The minimum atomic E-state index is 0.0231. The lowest BCUT2D eigenvalue weighted by atomic mass is 10.3. The summed E-state index contributed by atoms with van der Waals surface area (Å²) in [6.45, 7) is 6.48. The van der Waals surface area contributed by atoms with Crippen LogP contribution in [0.3, 0.4) is 0 Å². The van der Waals surface area contributed by atoms with Crippen molar-refractivity contribution in [2.75, 3.05) is 26.2 Å². The van der Waals surface area contributed by atoms with Crippen LogP contribution in [0.4, 0.5) is 0 Å². The monoisotopic (exact) mass is 139 g/mol. The molecule has 0 saturated carbocycles. The molecule has 0 unspecified atom stereocenters. The van der Waals surface area contributed by atoms with E-state index in [0.717, 1.165) is 26.2 Å². The molecular formula is C7H11N2O. The minimum Gasteiger partial charge on any atom is -0.336 e. The Kier molecular flexibility index (Phi) is 2.45. The predicted octanol–water partition coefficient (Wildman–Crippen LogP) is -0.381. The van der Waals surface area contributed by atoms with Gasteiger partial charge in [-0.1, -0.05) is 6.58 Å². The number of nitrogens with zero attached hydrogens (tertiary/aromatic N) is 2. The second kappa shape index (κ2) is 3.37. The Labute approximate surface area is 60.7 Å². The Morgan fingerprint density at radius 3 is 2.60 bits per heavy atom. The fourth-order valence-corrected chi connectivity index (χ4v) is 0.956. The third-order valence-corrected chi connectivity index (χ3v) is 1.54. The van der Waals surface area contributed by atoms with Gasteiger partial charge in [0.25, 0.3) is 0 Å². The van der Waals surface area contributed by atoms with Crippen LogP contribution in [0.5, 0.6) is 0 Å². The molecule has 0 aromatic rings. The average molecular weight is 139 g/mol. The maximum atomic E-state index is 10.9. The molecule has 0 bridgehead atoms. The summed E-state index contributed by atoms with van der Waals surface area (Å²) in [5.74, 6) is 0.0231. The van der Waals surface area contributed by atoms with E-state index in [-0.39, 0.29) is 5.91 Å². The molecule has 1 amide bonds. The standard InChI is InChI=1S/C7H11N2O/c1-2-7(10)9-5-3-8-4-6-9/h2H,1,3-6H2. The lowest BCUT2D eigenvalue weighted by Crippen LogP contribution is -2.42. The molecular weight excluding hydrogens is 128 g/mol. The van der Waals surface area contributed by atoms with E-state index in [1.807, 2.05) is 0 Å². The van der Waals surface area contributed by atoms with E-state index in [1.165, 1.54) is 6.08 Å². The molecule has 0 N–H and O–H groups in total. The van der Waals surface area contributed by atoms with Gasteiger partial charge in [-0.3, -0.25) is 4.79 Å². The lowest BCUT2D eigenvalue weighted by molar-refractivity contribution is -0.126. The van der Waals surface area contributed by atoms with Gasteiger partial charge in [0.1, 0.15) is 0 Å². The molecule has 55 valence electrons. The van der Waals surface area contributed by atoms with E-state index in [0.29, 0.717) is 0 Å². The van der Waals surface area contributed by atoms with E-state index in [9.17, 15) is 4.79 Å². The minimum absolute atomic E-state index is 0.0231. The summed E-state index contributed by atoms with van der Waals surface area (Å²) in [4.78, 5) is 12.7. The third-order valence-electron chi connectivity index (χ3n) is 1.54. The highest BCUT2D eigenvalue weighted by atomic mass is 16.2. The second-order valence-corrected chi connectivity index (χ2v) is 2.20. The third kappa shape index (κ3) is 1.57. The zero-order chi connectivity index (χ0) is 7.40. The van der Waals surface area contributed by atoms with E-state index < -0.39 is 0 Å². The van der Waals surface area contributed by atoms with Crippen molar-refractivity contribution in [2.45, 2.75) is 0 Å². The molecule has 0 aliphatic carbocycles. The van der Waals surface area contributed by atoms with Crippen LogP contribution in [0.2, 0.25) is 0 Å². The van der Waals surface area contributed by atoms with Crippen LogP contribution in [0.1, 0.15) is 0 Å². The molecule has 1 heterocycles. The molecule has 3 nitrogen and oxygen atoms in total. The van der Waals surface area contributed by atoms with Crippen molar-refractivity contribution < 1.29 is 4.79 Å². The summed E-state index contributed by atoms with van der Waals surface area (Å²) in [6.07, 6.45) is 1.35. The fraction of sp³-hybridized carbons (Fsp3) is 0.571. The van der Waals surface area contributed by atoms with E-state index in [2.05, 4.69) is 11.9 Å². The van der Waals surface area contributed by atoms with Gasteiger partial charge in [0, 0.05) is 26.2 Å². The second-order valence-electron chi connectivity index (χ2n) is 2.20. The van der Waals surface area contributed by atoms with E-state index in [4.69, 9.17) is 0 Å². The summed E-state index contributed by atoms with van der Waals surface area (Å²) < 4.78 is 0. The predicted molar refractivity (Wildman–Crippen MR) is 38.6 cm³/mol. The first-order valence-electron chi connectivity index (χ1n) is 3.39. The highest BCUT2D eigenvalue weighted by molar-refractivity contribution is 5.87. The van der Waals surface area contributed by atoms with Crippen LogP contribution in [-0.2, 0) is 4.79 Å². The largest absolute Gasteiger partial charge is 0.336 e. The van der Waals surface area contributed by atoms with Crippen LogP contribution in [0.25, 0.3) is 0 Å². The van der Waals surface area contributed by atoms with Crippen molar-refractivity contribution in [1.82, 2.24) is 10.2 Å². The van der Waals surface area contributed by atoms with Gasteiger partial charge in [0.2, 0.25) is 5.91 Å². The number of rotatable bonds is 1. The lowest BCUT2D eigenvalue weighted by Gasteiger charge is -2.24. The Bertz CT molecular complexity index is 139. The first kappa shape index (κ1) is 7.28. The van der Waals surface area contributed by atoms with Crippen molar-refractivity contribution in [3.8, 4) is 0 Å². The molecule has 1 saturated heterocycles. The average Bonchev–Trinajstić information content (AvgIpc) is 2.05. The Morgan fingerprint density at radius 2 is 2.10 bits per heavy atom.